The molecule has 1 N–H and O–H groups in total. The highest BCUT2D eigenvalue weighted by Gasteiger charge is 2.05. The summed E-state index contributed by atoms with van der Waals surface area (Å²) < 4.78 is 1.77. The largest absolute Gasteiger partial charge is 0.350 e. The molecular formula is C12H14N6. The van der Waals surface area contributed by atoms with Gasteiger partial charge in [-0.15, -0.1) is 0 Å². The highest BCUT2D eigenvalue weighted by Crippen LogP contribution is 2.09. The standard InChI is InChI=1S/C12H14N6/c1-8-4-11(5-13)16-12(15-8)14-6-10-7-18(3)17-9(10)2/h4,7H,6H2,1-3H3,(H,14,15,16). The predicted octanol–water partition coefficient (Wildman–Crippen LogP) is 1.31. The number of rotatable bonds is 3. The van der Waals surface area contributed by atoms with Crippen LogP contribution in [-0.4, -0.2) is 19.7 Å². The molecule has 0 spiro atoms. The van der Waals surface area contributed by atoms with Gasteiger partial charge in [-0.1, -0.05) is 0 Å². The smallest absolute Gasteiger partial charge is 0.224 e. The molecule has 0 bridgehead atoms. The summed E-state index contributed by atoms with van der Waals surface area (Å²) in [6.07, 6.45) is 1.95. The van der Waals surface area contributed by atoms with Gasteiger partial charge in [0, 0.05) is 31.0 Å². The molecular weight excluding hydrogens is 228 g/mol. The zero-order valence-corrected chi connectivity index (χ0v) is 10.6. The van der Waals surface area contributed by atoms with Crippen molar-refractivity contribution in [3.63, 3.8) is 0 Å². The molecule has 0 amide bonds. The number of aryl methyl sites for hydroxylation is 3. The van der Waals surface area contributed by atoms with Gasteiger partial charge in [0.1, 0.15) is 11.8 Å². The Morgan fingerprint density at radius 2 is 2.17 bits per heavy atom. The van der Waals surface area contributed by atoms with Gasteiger partial charge in [-0.2, -0.15) is 10.4 Å². The van der Waals surface area contributed by atoms with Gasteiger partial charge in [0.2, 0.25) is 5.95 Å². The van der Waals surface area contributed by atoms with Crippen LogP contribution in [0.2, 0.25) is 0 Å². The SMILES string of the molecule is Cc1cc(C#N)nc(NCc2cn(C)nc2C)n1. The minimum Gasteiger partial charge on any atom is -0.350 e. The molecule has 2 aromatic heterocycles. The van der Waals surface area contributed by atoms with Crippen molar-refractivity contribution in [3.05, 3.63) is 34.9 Å². The molecule has 2 heterocycles. The number of hydrogen-bond acceptors (Lipinski definition) is 5. The number of anilines is 1. The molecule has 0 saturated carbocycles. The third-order valence-corrected chi connectivity index (χ3v) is 2.52. The molecule has 0 fully saturated rings. The minimum absolute atomic E-state index is 0.368. The Hall–Kier alpha value is -2.42. The first kappa shape index (κ1) is 12.0. The lowest BCUT2D eigenvalue weighted by molar-refractivity contribution is 0.756. The van der Waals surface area contributed by atoms with E-state index in [0.29, 0.717) is 18.2 Å². The highest BCUT2D eigenvalue weighted by atomic mass is 15.3. The maximum atomic E-state index is 8.84. The van der Waals surface area contributed by atoms with Crippen LogP contribution in [0.5, 0.6) is 0 Å². The minimum atomic E-state index is 0.368. The highest BCUT2D eigenvalue weighted by molar-refractivity contribution is 5.34. The molecule has 0 saturated heterocycles. The molecule has 0 atom stereocenters. The van der Waals surface area contributed by atoms with Gasteiger partial charge in [-0.25, -0.2) is 9.97 Å². The third kappa shape index (κ3) is 2.63. The van der Waals surface area contributed by atoms with Crippen LogP contribution in [0, 0.1) is 25.2 Å². The number of hydrogen-bond donors (Lipinski definition) is 1. The fourth-order valence-electron chi connectivity index (χ4n) is 1.70. The summed E-state index contributed by atoms with van der Waals surface area (Å²) >= 11 is 0. The van der Waals surface area contributed by atoms with Crippen molar-refractivity contribution >= 4 is 5.95 Å². The molecule has 0 unspecified atom stereocenters. The molecule has 2 aromatic rings. The predicted molar refractivity (Wildman–Crippen MR) is 66.8 cm³/mol. The van der Waals surface area contributed by atoms with E-state index in [-0.39, 0.29) is 0 Å². The zero-order valence-electron chi connectivity index (χ0n) is 10.6. The van der Waals surface area contributed by atoms with Crippen molar-refractivity contribution in [2.45, 2.75) is 20.4 Å². The van der Waals surface area contributed by atoms with Gasteiger partial charge in [-0.05, 0) is 19.9 Å². The first-order valence-electron chi connectivity index (χ1n) is 5.57. The topological polar surface area (TPSA) is 79.4 Å². The normalized spacial score (nSPS) is 10.1. The van der Waals surface area contributed by atoms with Gasteiger partial charge in [0.05, 0.1) is 5.69 Å². The second-order valence-electron chi connectivity index (χ2n) is 4.10. The molecule has 0 aliphatic rings. The van der Waals surface area contributed by atoms with E-state index in [9.17, 15) is 0 Å². The van der Waals surface area contributed by atoms with Crippen molar-refractivity contribution in [2.24, 2.45) is 7.05 Å². The molecule has 0 radical (unpaired) electrons. The lowest BCUT2D eigenvalue weighted by atomic mass is 10.3. The van der Waals surface area contributed by atoms with Crippen LogP contribution in [0.25, 0.3) is 0 Å². The van der Waals surface area contributed by atoms with E-state index in [1.165, 1.54) is 0 Å². The molecule has 2 rings (SSSR count). The molecule has 6 heteroatoms. The summed E-state index contributed by atoms with van der Waals surface area (Å²) in [5.41, 5.74) is 3.19. The van der Waals surface area contributed by atoms with Gasteiger partial charge < -0.3 is 5.32 Å². The van der Waals surface area contributed by atoms with Crippen molar-refractivity contribution < 1.29 is 0 Å². The molecule has 6 nitrogen and oxygen atoms in total. The molecule has 92 valence electrons. The van der Waals surface area contributed by atoms with Gasteiger partial charge >= 0.3 is 0 Å². The molecule has 18 heavy (non-hydrogen) atoms. The van der Waals surface area contributed by atoms with Crippen LogP contribution in [-0.2, 0) is 13.6 Å². The van der Waals surface area contributed by atoms with Gasteiger partial charge in [0.25, 0.3) is 0 Å². The van der Waals surface area contributed by atoms with E-state index < -0.39 is 0 Å². The molecule has 0 aliphatic carbocycles. The van der Waals surface area contributed by atoms with Crippen LogP contribution in [0.1, 0.15) is 22.6 Å². The maximum Gasteiger partial charge on any atom is 0.224 e. The Morgan fingerprint density at radius 1 is 1.39 bits per heavy atom. The van der Waals surface area contributed by atoms with E-state index >= 15 is 0 Å². The Balaban J connectivity index is 2.13. The average Bonchev–Trinajstić information content (AvgIpc) is 2.64. The van der Waals surface area contributed by atoms with E-state index in [1.807, 2.05) is 33.2 Å². The first-order chi connectivity index (χ1) is 8.58. The second-order valence-corrected chi connectivity index (χ2v) is 4.10. The summed E-state index contributed by atoms with van der Waals surface area (Å²) in [5.74, 6) is 0.467. The maximum absolute atomic E-state index is 8.84. The van der Waals surface area contributed by atoms with E-state index in [2.05, 4.69) is 20.4 Å². The Kier molecular flexibility index (Phi) is 3.24. The summed E-state index contributed by atoms with van der Waals surface area (Å²) in [4.78, 5) is 8.33. The van der Waals surface area contributed by atoms with E-state index in [1.54, 1.807) is 10.7 Å². The Bertz CT molecular complexity index is 608. The van der Waals surface area contributed by atoms with Crippen molar-refractivity contribution in [2.75, 3.05) is 5.32 Å². The first-order valence-corrected chi connectivity index (χ1v) is 5.57. The fraction of sp³-hybridized carbons (Fsp3) is 0.333. The summed E-state index contributed by atoms with van der Waals surface area (Å²) in [6.45, 7) is 4.38. The number of aromatic nitrogens is 4. The van der Waals surface area contributed by atoms with Crippen LogP contribution >= 0.6 is 0 Å². The van der Waals surface area contributed by atoms with Crippen molar-refractivity contribution in [1.82, 2.24) is 19.7 Å². The number of nitrogens with zero attached hydrogens (tertiary/aromatic N) is 5. The third-order valence-electron chi connectivity index (χ3n) is 2.52. The van der Waals surface area contributed by atoms with Crippen LogP contribution in [0.15, 0.2) is 12.3 Å². The van der Waals surface area contributed by atoms with Crippen LogP contribution in [0.3, 0.4) is 0 Å². The van der Waals surface area contributed by atoms with Crippen LogP contribution < -0.4 is 5.32 Å². The Morgan fingerprint density at radius 3 is 2.78 bits per heavy atom. The average molecular weight is 242 g/mol. The quantitative estimate of drug-likeness (QED) is 0.877. The van der Waals surface area contributed by atoms with E-state index in [4.69, 9.17) is 5.26 Å². The van der Waals surface area contributed by atoms with Crippen LogP contribution in [0.4, 0.5) is 5.95 Å². The van der Waals surface area contributed by atoms with Gasteiger partial charge in [0.15, 0.2) is 0 Å². The lowest BCUT2D eigenvalue weighted by Gasteiger charge is -2.04. The van der Waals surface area contributed by atoms with E-state index in [0.717, 1.165) is 17.0 Å². The second kappa shape index (κ2) is 4.84. The van der Waals surface area contributed by atoms with Crippen molar-refractivity contribution in [3.8, 4) is 6.07 Å². The number of nitrogens with one attached hydrogen (secondary N) is 1. The summed E-state index contributed by atoms with van der Waals surface area (Å²) in [6, 6.07) is 3.67. The zero-order chi connectivity index (χ0) is 13.1. The summed E-state index contributed by atoms with van der Waals surface area (Å²) in [5, 5.41) is 16.2. The monoisotopic (exact) mass is 242 g/mol. The summed E-state index contributed by atoms with van der Waals surface area (Å²) in [7, 11) is 1.88. The lowest BCUT2D eigenvalue weighted by Crippen LogP contribution is -2.05. The van der Waals surface area contributed by atoms with Gasteiger partial charge in [-0.3, -0.25) is 4.68 Å². The molecule has 0 aromatic carbocycles. The molecule has 0 aliphatic heterocycles. The number of nitriles is 1. The Labute approximate surface area is 105 Å². The van der Waals surface area contributed by atoms with Crippen molar-refractivity contribution in [1.29, 1.82) is 5.26 Å². The fourth-order valence-corrected chi connectivity index (χ4v) is 1.70.